The highest BCUT2D eigenvalue weighted by molar-refractivity contribution is 5.88. The standard InChI is InChI=1S/C11H18N4O4/c1-7(2)15-6-8(5-13-15)14-11(19)12-4-3-9(16)10(17)18/h5-7,9,16H,3-4H2,1-2H3,(H,17,18)(H2,12,14,19). The van der Waals surface area contributed by atoms with Crippen LogP contribution in [0.4, 0.5) is 10.5 Å². The summed E-state index contributed by atoms with van der Waals surface area (Å²) >= 11 is 0. The number of rotatable bonds is 6. The van der Waals surface area contributed by atoms with Gasteiger partial charge in [0.05, 0.1) is 11.9 Å². The maximum Gasteiger partial charge on any atom is 0.332 e. The van der Waals surface area contributed by atoms with Crippen molar-refractivity contribution in [3.8, 4) is 0 Å². The number of aliphatic carboxylic acids is 1. The Morgan fingerprint density at radius 3 is 2.68 bits per heavy atom. The molecule has 0 aliphatic rings. The van der Waals surface area contributed by atoms with Gasteiger partial charge in [-0.05, 0) is 13.8 Å². The number of aromatic nitrogens is 2. The lowest BCUT2D eigenvalue weighted by atomic mass is 10.2. The normalized spacial score (nSPS) is 12.2. The van der Waals surface area contributed by atoms with Gasteiger partial charge in [-0.25, -0.2) is 9.59 Å². The average Bonchev–Trinajstić information content (AvgIpc) is 2.77. The number of carboxylic acid groups (broad SMARTS) is 1. The SMILES string of the molecule is CC(C)n1cc(NC(=O)NCCC(O)C(=O)O)cn1. The van der Waals surface area contributed by atoms with Gasteiger partial charge in [0, 0.05) is 25.2 Å². The van der Waals surface area contributed by atoms with E-state index in [4.69, 9.17) is 10.2 Å². The molecule has 1 aromatic heterocycles. The third-order valence-electron chi connectivity index (χ3n) is 2.38. The van der Waals surface area contributed by atoms with Crippen LogP contribution in [0.2, 0.25) is 0 Å². The molecule has 8 heteroatoms. The Balaban J connectivity index is 2.32. The highest BCUT2D eigenvalue weighted by Gasteiger charge is 2.13. The molecule has 1 heterocycles. The molecule has 0 saturated heterocycles. The minimum atomic E-state index is -1.47. The molecule has 1 aromatic rings. The molecule has 0 aliphatic heterocycles. The predicted molar refractivity (Wildman–Crippen MR) is 67.9 cm³/mol. The maximum atomic E-state index is 11.5. The lowest BCUT2D eigenvalue weighted by molar-refractivity contribution is -0.146. The van der Waals surface area contributed by atoms with Crippen LogP contribution in [0.3, 0.4) is 0 Å². The molecule has 2 amide bonds. The summed E-state index contributed by atoms with van der Waals surface area (Å²) in [6.45, 7) is 3.99. The topological polar surface area (TPSA) is 116 Å². The summed E-state index contributed by atoms with van der Waals surface area (Å²) in [5.41, 5.74) is 0.546. The molecule has 1 rings (SSSR count). The lowest BCUT2D eigenvalue weighted by Crippen LogP contribution is -2.32. The number of carbonyl (C=O) groups excluding carboxylic acids is 1. The van der Waals surface area contributed by atoms with Gasteiger partial charge in [-0.3, -0.25) is 4.68 Å². The van der Waals surface area contributed by atoms with E-state index in [1.165, 1.54) is 6.20 Å². The Hall–Kier alpha value is -2.09. The van der Waals surface area contributed by atoms with Crippen molar-refractivity contribution in [2.45, 2.75) is 32.4 Å². The van der Waals surface area contributed by atoms with Gasteiger partial charge in [-0.15, -0.1) is 0 Å². The van der Waals surface area contributed by atoms with Gasteiger partial charge in [-0.2, -0.15) is 5.10 Å². The van der Waals surface area contributed by atoms with E-state index < -0.39 is 18.1 Å². The van der Waals surface area contributed by atoms with Gasteiger partial charge in [0.15, 0.2) is 6.10 Å². The van der Waals surface area contributed by atoms with E-state index in [9.17, 15) is 9.59 Å². The van der Waals surface area contributed by atoms with Gasteiger partial charge in [0.2, 0.25) is 0 Å². The first-order valence-corrected chi connectivity index (χ1v) is 5.90. The molecule has 1 atom stereocenters. The first-order valence-electron chi connectivity index (χ1n) is 5.90. The van der Waals surface area contributed by atoms with Crippen molar-refractivity contribution in [1.29, 1.82) is 0 Å². The van der Waals surface area contributed by atoms with Crippen molar-refractivity contribution in [2.24, 2.45) is 0 Å². The molecule has 0 aliphatic carbocycles. The van der Waals surface area contributed by atoms with Crippen LogP contribution >= 0.6 is 0 Å². The molecule has 0 radical (unpaired) electrons. The Kier molecular flexibility index (Phi) is 5.31. The second-order valence-corrected chi connectivity index (χ2v) is 4.33. The number of aliphatic hydroxyl groups is 1. The van der Waals surface area contributed by atoms with Gasteiger partial charge < -0.3 is 20.8 Å². The molecule has 0 saturated carbocycles. The largest absolute Gasteiger partial charge is 0.479 e. The summed E-state index contributed by atoms with van der Waals surface area (Å²) < 4.78 is 1.70. The number of hydrogen-bond acceptors (Lipinski definition) is 4. The molecule has 8 nitrogen and oxygen atoms in total. The number of anilines is 1. The van der Waals surface area contributed by atoms with Gasteiger partial charge >= 0.3 is 12.0 Å². The van der Waals surface area contributed by atoms with Crippen molar-refractivity contribution >= 4 is 17.7 Å². The van der Waals surface area contributed by atoms with Crippen LogP contribution in [0.5, 0.6) is 0 Å². The van der Waals surface area contributed by atoms with Gasteiger partial charge in [0.1, 0.15) is 0 Å². The molecule has 0 spiro atoms. The van der Waals surface area contributed by atoms with Crippen LogP contribution in [0.1, 0.15) is 26.3 Å². The number of nitrogens with zero attached hydrogens (tertiary/aromatic N) is 2. The van der Waals surface area contributed by atoms with Crippen molar-refractivity contribution in [2.75, 3.05) is 11.9 Å². The number of urea groups is 1. The first kappa shape index (κ1) is 15.0. The Morgan fingerprint density at radius 2 is 2.16 bits per heavy atom. The number of hydrogen-bond donors (Lipinski definition) is 4. The minimum absolute atomic E-state index is 0.0476. The van der Waals surface area contributed by atoms with Crippen LogP contribution in [0.25, 0.3) is 0 Å². The Morgan fingerprint density at radius 1 is 1.47 bits per heavy atom. The number of carbonyl (C=O) groups is 2. The van der Waals surface area contributed by atoms with Gasteiger partial charge in [0.25, 0.3) is 0 Å². The van der Waals surface area contributed by atoms with Crippen molar-refractivity contribution in [3.63, 3.8) is 0 Å². The van der Waals surface area contributed by atoms with Gasteiger partial charge in [-0.1, -0.05) is 0 Å². The quantitative estimate of drug-likeness (QED) is 0.597. The fourth-order valence-electron chi connectivity index (χ4n) is 1.31. The summed E-state index contributed by atoms with van der Waals surface area (Å²) in [6.07, 6.45) is 1.69. The molecule has 106 valence electrons. The molecule has 0 aromatic carbocycles. The average molecular weight is 270 g/mol. The zero-order valence-corrected chi connectivity index (χ0v) is 10.8. The van der Waals surface area contributed by atoms with E-state index in [1.807, 2.05) is 13.8 Å². The summed E-state index contributed by atoms with van der Waals surface area (Å²) in [7, 11) is 0. The summed E-state index contributed by atoms with van der Waals surface area (Å²) in [6, 6.07) is -0.273. The van der Waals surface area contributed by atoms with E-state index in [1.54, 1.807) is 10.9 Å². The molecule has 1 unspecified atom stereocenters. The van der Waals surface area contributed by atoms with Crippen LogP contribution in [0.15, 0.2) is 12.4 Å². The monoisotopic (exact) mass is 270 g/mol. The molecule has 19 heavy (non-hydrogen) atoms. The van der Waals surface area contributed by atoms with Crippen molar-refractivity contribution in [3.05, 3.63) is 12.4 Å². The molecule has 0 bridgehead atoms. The van der Waals surface area contributed by atoms with Crippen molar-refractivity contribution < 1.29 is 19.8 Å². The summed E-state index contributed by atoms with van der Waals surface area (Å²) in [5.74, 6) is -1.31. The van der Waals surface area contributed by atoms with E-state index in [-0.39, 0.29) is 19.0 Å². The summed E-state index contributed by atoms with van der Waals surface area (Å²) in [5, 5.41) is 26.5. The van der Waals surface area contributed by atoms with Crippen LogP contribution < -0.4 is 10.6 Å². The third-order valence-corrected chi connectivity index (χ3v) is 2.38. The number of amides is 2. The van der Waals surface area contributed by atoms with E-state index >= 15 is 0 Å². The van der Waals surface area contributed by atoms with Crippen LogP contribution in [0, 0.1) is 0 Å². The minimum Gasteiger partial charge on any atom is -0.479 e. The van der Waals surface area contributed by atoms with E-state index in [0.717, 1.165) is 0 Å². The fourth-order valence-corrected chi connectivity index (χ4v) is 1.31. The zero-order chi connectivity index (χ0) is 14.4. The fraction of sp³-hybridized carbons (Fsp3) is 0.545. The lowest BCUT2D eigenvalue weighted by Gasteiger charge is -2.08. The number of aliphatic hydroxyl groups excluding tert-OH is 1. The smallest absolute Gasteiger partial charge is 0.332 e. The van der Waals surface area contributed by atoms with E-state index in [0.29, 0.717) is 5.69 Å². The highest BCUT2D eigenvalue weighted by atomic mass is 16.4. The highest BCUT2D eigenvalue weighted by Crippen LogP contribution is 2.09. The second kappa shape index (κ2) is 6.74. The second-order valence-electron chi connectivity index (χ2n) is 4.33. The summed E-state index contributed by atoms with van der Waals surface area (Å²) in [4.78, 5) is 21.8. The first-order chi connectivity index (χ1) is 8.90. The Labute approximate surface area is 110 Å². The van der Waals surface area contributed by atoms with Crippen molar-refractivity contribution in [1.82, 2.24) is 15.1 Å². The zero-order valence-electron chi connectivity index (χ0n) is 10.8. The third kappa shape index (κ3) is 4.96. The Bertz CT molecular complexity index is 444. The molecule has 0 fully saturated rings. The number of nitrogens with one attached hydrogen (secondary N) is 2. The molecular formula is C11H18N4O4. The van der Waals surface area contributed by atoms with E-state index in [2.05, 4.69) is 15.7 Å². The molecular weight excluding hydrogens is 252 g/mol. The number of carboxylic acids is 1. The van der Waals surface area contributed by atoms with Crippen LogP contribution in [-0.4, -0.2) is 44.6 Å². The van der Waals surface area contributed by atoms with Crippen LogP contribution in [-0.2, 0) is 4.79 Å². The molecule has 4 N–H and O–H groups in total. The maximum absolute atomic E-state index is 11.5. The predicted octanol–water partition coefficient (Wildman–Crippen LogP) is 0.421.